The summed E-state index contributed by atoms with van der Waals surface area (Å²) in [4.78, 5) is 11.9. The quantitative estimate of drug-likeness (QED) is 0.668. The van der Waals surface area contributed by atoms with Gasteiger partial charge in [0, 0.05) is 6.92 Å². The Bertz CT molecular complexity index is 801. The number of benzene rings is 1. The molecule has 1 saturated carbocycles. The van der Waals surface area contributed by atoms with Gasteiger partial charge < -0.3 is 34.1 Å². The highest BCUT2D eigenvalue weighted by Gasteiger charge is 2.63. The minimum atomic E-state index is -0.991. The van der Waals surface area contributed by atoms with E-state index in [9.17, 15) is 9.90 Å². The van der Waals surface area contributed by atoms with Crippen LogP contribution in [0.2, 0.25) is 0 Å². The Labute approximate surface area is 188 Å². The lowest BCUT2D eigenvalue weighted by molar-refractivity contribution is -0.354. The van der Waals surface area contributed by atoms with Gasteiger partial charge in [0.15, 0.2) is 12.6 Å². The van der Waals surface area contributed by atoms with E-state index in [0.29, 0.717) is 0 Å². The molecule has 3 heterocycles. The molecule has 5 rings (SSSR count). The number of rotatable bonds is 5. The zero-order valence-electron chi connectivity index (χ0n) is 18.6. The molecule has 0 spiro atoms. The Morgan fingerprint density at radius 2 is 1.91 bits per heavy atom. The van der Waals surface area contributed by atoms with Gasteiger partial charge in [-0.3, -0.25) is 4.79 Å². The van der Waals surface area contributed by atoms with Crippen LogP contribution < -0.4 is 5.32 Å². The van der Waals surface area contributed by atoms with Gasteiger partial charge in [-0.2, -0.15) is 0 Å². The lowest BCUT2D eigenvalue weighted by Gasteiger charge is -2.49. The van der Waals surface area contributed by atoms with Crippen LogP contribution in [0.25, 0.3) is 0 Å². The van der Waals surface area contributed by atoms with Crippen molar-refractivity contribution in [1.82, 2.24) is 5.32 Å². The van der Waals surface area contributed by atoms with Crippen molar-refractivity contribution < 1.29 is 33.6 Å². The molecule has 0 aromatic heterocycles. The Hall–Kier alpha value is -1.55. The Morgan fingerprint density at radius 3 is 2.62 bits per heavy atom. The fourth-order valence-electron chi connectivity index (χ4n) is 5.21. The average Bonchev–Trinajstić information content (AvgIpc) is 3.50. The molecule has 3 aliphatic heterocycles. The molecule has 4 aliphatic rings. The van der Waals surface area contributed by atoms with Crippen LogP contribution in [0.1, 0.15) is 57.6 Å². The van der Waals surface area contributed by atoms with Gasteiger partial charge in [0.2, 0.25) is 5.91 Å². The fourth-order valence-corrected chi connectivity index (χ4v) is 5.21. The molecule has 0 radical (unpaired) electrons. The molecule has 1 aromatic carbocycles. The third-order valence-corrected chi connectivity index (χ3v) is 7.02. The van der Waals surface area contributed by atoms with Crippen LogP contribution in [0.3, 0.4) is 0 Å². The number of nitrogens with one attached hydrogen (secondary N) is 1. The van der Waals surface area contributed by atoms with Gasteiger partial charge in [-0.1, -0.05) is 49.6 Å². The van der Waals surface area contributed by atoms with Crippen LogP contribution in [0.15, 0.2) is 30.3 Å². The van der Waals surface area contributed by atoms with E-state index in [4.69, 9.17) is 23.7 Å². The van der Waals surface area contributed by atoms with Crippen molar-refractivity contribution in [3.8, 4) is 0 Å². The monoisotopic (exact) mass is 447 g/mol. The smallest absolute Gasteiger partial charge is 0.217 e. The van der Waals surface area contributed by atoms with E-state index in [1.54, 1.807) is 0 Å². The van der Waals surface area contributed by atoms with Gasteiger partial charge in [0.05, 0.1) is 12.7 Å². The number of fused-ring (bicyclic) bond motifs is 1. The number of aliphatic hydroxyl groups is 1. The predicted octanol–water partition coefficient (Wildman–Crippen LogP) is 2.20. The van der Waals surface area contributed by atoms with Crippen molar-refractivity contribution >= 4 is 5.91 Å². The summed E-state index contributed by atoms with van der Waals surface area (Å²) < 4.78 is 30.6. The topological polar surface area (TPSA) is 98.8 Å². The number of amides is 1. The molecule has 8 heteroatoms. The third-order valence-electron chi connectivity index (χ3n) is 7.02. The Balaban J connectivity index is 1.28. The number of ether oxygens (including phenoxy) is 5. The summed E-state index contributed by atoms with van der Waals surface area (Å²) in [6.45, 7) is 3.63. The molecule has 3 saturated heterocycles. The molecule has 8 atom stereocenters. The number of carbonyl (C=O) groups excluding carboxylic acids is 1. The second kappa shape index (κ2) is 9.00. The Kier molecular flexibility index (Phi) is 6.26. The maximum atomic E-state index is 11.9. The molecule has 2 N–H and O–H groups in total. The molecular formula is C24H33NO7. The highest BCUT2D eigenvalue weighted by Crippen LogP contribution is 2.54. The maximum absolute atomic E-state index is 11.9. The second-order valence-corrected chi connectivity index (χ2v) is 9.51. The summed E-state index contributed by atoms with van der Waals surface area (Å²) in [5.74, 6) is -0.251. The highest BCUT2D eigenvalue weighted by atomic mass is 16.8. The Morgan fingerprint density at radius 1 is 1.16 bits per heavy atom. The summed E-state index contributed by atoms with van der Waals surface area (Å²) in [5.41, 5.74) is 0.409. The molecule has 1 amide bonds. The summed E-state index contributed by atoms with van der Waals surface area (Å²) >= 11 is 0. The number of hydrogen-bond acceptors (Lipinski definition) is 7. The first kappa shape index (κ1) is 22.3. The minimum absolute atomic E-state index is 0.0670. The van der Waals surface area contributed by atoms with Gasteiger partial charge in [0.1, 0.15) is 36.1 Å². The zero-order valence-corrected chi connectivity index (χ0v) is 18.6. The first-order valence-corrected chi connectivity index (χ1v) is 11.7. The minimum Gasteiger partial charge on any atom is -0.388 e. The summed E-state index contributed by atoms with van der Waals surface area (Å²) in [6, 6.07) is 9.22. The van der Waals surface area contributed by atoms with E-state index < -0.39 is 42.5 Å². The maximum Gasteiger partial charge on any atom is 0.217 e. The fraction of sp³-hybridized carbons (Fsp3) is 0.708. The lowest BCUT2D eigenvalue weighted by atomic mass is 9.93. The van der Waals surface area contributed by atoms with Crippen molar-refractivity contribution in [2.45, 2.75) is 101 Å². The summed E-state index contributed by atoms with van der Waals surface area (Å²) in [5, 5.41) is 14.0. The number of epoxide rings is 1. The molecule has 1 aromatic rings. The predicted molar refractivity (Wildman–Crippen MR) is 114 cm³/mol. The van der Waals surface area contributed by atoms with Crippen LogP contribution >= 0.6 is 0 Å². The van der Waals surface area contributed by atoms with E-state index in [2.05, 4.69) is 5.32 Å². The van der Waals surface area contributed by atoms with Gasteiger partial charge >= 0.3 is 0 Å². The first-order valence-electron chi connectivity index (χ1n) is 11.7. The van der Waals surface area contributed by atoms with Crippen LogP contribution in [0.4, 0.5) is 0 Å². The number of carbonyl (C=O) groups is 1. The third kappa shape index (κ3) is 4.32. The van der Waals surface area contributed by atoms with Crippen molar-refractivity contribution in [3.63, 3.8) is 0 Å². The van der Waals surface area contributed by atoms with E-state index in [1.807, 2.05) is 37.3 Å². The van der Waals surface area contributed by atoms with Crippen LogP contribution in [0.5, 0.6) is 0 Å². The largest absolute Gasteiger partial charge is 0.388 e. The first-order chi connectivity index (χ1) is 15.5. The van der Waals surface area contributed by atoms with E-state index in [0.717, 1.165) is 31.2 Å². The molecule has 0 bridgehead atoms. The van der Waals surface area contributed by atoms with Gasteiger partial charge in [-0.25, -0.2) is 0 Å². The van der Waals surface area contributed by atoms with E-state index >= 15 is 0 Å². The van der Waals surface area contributed by atoms with Crippen molar-refractivity contribution in [1.29, 1.82) is 0 Å². The normalized spacial score (nSPS) is 42.2. The molecule has 4 fully saturated rings. The SMILES string of the molecule is CC(=O)N[C@H]1[C@H](OC2CCCCC2)O[C@@H]2CO[C@@H]([C@]3(C)O[C@H]3c3ccccc3)O[C@H]2[C@@H]1O. The standard InChI is InChI=1S/C24H33NO7/c1-14(26)25-18-19(27)20-17(30-22(18)29-16-11-7-4-8-12-16)13-28-23(31-20)24(2)21(32-24)15-9-5-3-6-10-15/h3,5-6,9-10,16-23,27H,4,7-8,11-13H2,1-2H3,(H,25,26)/t17-,18-,19-,20-,21+,22-,23-,24-/m1/s1. The highest BCUT2D eigenvalue weighted by molar-refractivity contribution is 5.73. The van der Waals surface area contributed by atoms with Crippen LogP contribution in [-0.2, 0) is 28.5 Å². The molecule has 8 nitrogen and oxygen atoms in total. The second-order valence-electron chi connectivity index (χ2n) is 9.51. The van der Waals surface area contributed by atoms with Crippen molar-refractivity contribution in [2.24, 2.45) is 0 Å². The number of hydrogen-bond donors (Lipinski definition) is 2. The van der Waals surface area contributed by atoms with Crippen molar-refractivity contribution in [3.05, 3.63) is 35.9 Å². The zero-order chi connectivity index (χ0) is 22.3. The molecular weight excluding hydrogens is 414 g/mol. The van der Waals surface area contributed by atoms with Gasteiger partial charge in [-0.15, -0.1) is 0 Å². The van der Waals surface area contributed by atoms with E-state index in [-0.39, 0.29) is 24.7 Å². The summed E-state index contributed by atoms with van der Waals surface area (Å²) in [6.07, 6.45) is 1.76. The average molecular weight is 448 g/mol. The molecule has 176 valence electrons. The van der Waals surface area contributed by atoms with E-state index in [1.165, 1.54) is 13.3 Å². The molecule has 0 unspecified atom stereocenters. The van der Waals surface area contributed by atoms with Crippen LogP contribution in [0, 0.1) is 0 Å². The van der Waals surface area contributed by atoms with Gasteiger partial charge in [0.25, 0.3) is 0 Å². The molecule has 32 heavy (non-hydrogen) atoms. The molecule has 1 aliphatic carbocycles. The van der Waals surface area contributed by atoms with Crippen molar-refractivity contribution in [2.75, 3.05) is 6.61 Å². The van der Waals surface area contributed by atoms with Gasteiger partial charge in [-0.05, 0) is 25.3 Å². The number of aliphatic hydroxyl groups excluding tert-OH is 1. The summed E-state index contributed by atoms with van der Waals surface area (Å²) in [7, 11) is 0. The lowest BCUT2D eigenvalue weighted by Crippen LogP contribution is -2.68. The van der Waals surface area contributed by atoms with Crippen LogP contribution in [-0.4, -0.2) is 66.3 Å².